The lowest BCUT2D eigenvalue weighted by atomic mass is 9.94. The summed E-state index contributed by atoms with van der Waals surface area (Å²) in [5.41, 5.74) is 2.49. The van der Waals surface area contributed by atoms with Gasteiger partial charge in [-0.25, -0.2) is 9.37 Å². The molecule has 2 aromatic heterocycles. The van der Waals surface area contributed by atoms with Crippen LogP contribution in [0.25, 0.3) is 4.83 Å². The van der Waals surface area contributed by atoms with E-state index in [1.54, 1.807) is 29.5 Å². The first-order valence-electron chi connectivity index (χ1n) is 10.9. The van der Waals surface area contributed by atoms with Gasteiger partial charge in [-0.3, -0.25) is 9.20 Å². The minimum absolute atomic E-state index is 0.112. The van der Waals surface area contributed by atoms with Gasteiger partial charge >= 0.3 is 0 Å². The van der Waals surface area contributed by atoms with Gasteiger partial charge in [0.2, 0.25) is 5.95 Å². The molecule has 2 aliphatic rings. The number of hydrogen-bond donors (Lipinski definition) is 1. The zero-order valence-electron chi connectivity index (χ0n) is 17.9. The highest BCUT2D eigenvalue weighted by Gasteiger charge is 2.34. The lowest BCUT2D eigenvalue weighted by Crippen LogP contribution is -2.44. The molecule has 2 fully saturated rings. The summed E-state index contributed by atoms with van der Waals surface area (Å²) >= 11 is 1.71. The number of carbonyl (C=O) groups is 1. The lowest BCUT2D eigenvalue weighted by molar-refractivity contribution is -0.142. The molecule has 0 radical (unpaired) electrons. The first-order chi connectivity index (χ1) is 15.0. The molecule has 0 spiro atoms. The summed E-state index contributed by atoms with van der Waals surface area (Å²) in [5, 5.41) is 3.19. The van der Waals surface area contributed by atoms with Gasteiger partial charge in [0.25, 0.3) is 5.91 Å². The second-order valence-corrected chi connectivity index (χ2v) is 9.64. The van der Waals surface area contributed by atoms with E-state index >= 15 is 0 Å². The number of para-hydroxylation sites is 1. The van der Waals surface area contributed by atoms with Crippen LogP contribution in [-0.4, -0.2) is 46.0 Å². The van der Waals surface area contributed by atoms with Crippen LogP contribution in [0, 0.1) is 19.7 Å². The number of imidazole rings is 1. The van der Waals surface area contributed by atoms with Crippen LogP contribution in [-0.2, 0) is 9.53 Å². The number of benzene rings is 1. The zero-order valence-corrected chi connectivity index (χ0v) is 18.7. The van der Waals surface area contributed by atoms with Crippen molar-refractivity contribution in [3.8, 4) is 0 Å². The Morgan fingerprint density at radius 2 is 2.10 bits per heavy atom. The fourth-order valence-corrected chi connectivity index (χ4v) is 5.78. The number of rotatable bonds is 4. The SMILES string of the molecule is Cc1sc2c([C@H]3CCCN(C(=O)[C@@H]4CCCO4)C3)nc(Nc3ccccc3F)n2c1C. The average molecular weight is 443 g/mol. The molecule has 4 heterocycles. The number of amides is 1. The number of anilines is 2. The molecule has 31 heavy (non-hydrogen) atoms. The molecule has 0 aliphatic carbocycles. The predicted molar refractivity (Wildman–Crippen MR) is 120 cm³/mol. The molecule has 0 bridgehead atoms. The second kappa shape index (κ2) is 8.24. The van der Waals surface area contributed by atoms with Gasteiger partial charge < -0.3 is 15.0 Å². The number of nitrogens with zero attached hydrogens (tertiary/aromatic N) is 3. The van der Waals surface area contributed by atoms with Crippen molar-refractivity contribution in [1.29, 1.82) is 0 Å². The number of thiazole rings is 1. The summed E-state index contributed by atoms with van der Waals surface area (Å²) in [7, 11) is 0. The zero-order chi connectivity index (χ0) is 21.5. The number of aromatic nitrogens is 2. The molecule has 1 amide bonds. The summed E-state index contributed by atoms with van der Waals surface area (Å²) in [6.45, 7) is 6.26. The molecule has 3 aromatic rings. The van der Waals surface area contributed by atoms with Crippen LogP contribution in [0.1, 0.15) is 47.9 Å². The van der Waals surface area contributed by atoms with E-state index in [9.17, 15) is 9.18 Å². The monoisotopic (exact) mass is 442 g/mol. The second-order valence-electron chi connectivity index (χ2n) is 8.43. The van der Waals surface area contributed by atoms with Gasteiger partial charge in [0.15, 0.2) is 0 Å². The smallest absolute Gasteiger partial charge is 0.251 e. The van der Waals surface area contributed by atoms with E-state index < -0.39 is 0 Å². The molecule has 2 atom stereocenters. The molecule has 1 N–H and O–H groups in total. The van der Waals surface area contributed by atoms with Crippen molar-refractivity contribution >= 4 is 33.7 Å². The molecule has 6 nitrogen and oxygen atoms in total. The average Bonchev–Trinajstić information content (AvgIpc) is 3.49. The van der Waals surface area contributed by atoms with E-state index in [0.29, 0.717) is 24.8 Å². The minimum Gasteiger partial charge on any atom is -0.368 e. The van der Waals surface area contributed by atoms with Crippen molar-refractivity contribution in [1.82, 2.24) is 14.3 Å². The van der Waals surface area contributed by atoms with Gasteiger partial charge in [0.05, 0.1) is 11.4 Å². The Hall–Kier alpha value is -2.45. The van der Waals surface area contributed by atoms with E-state index in [2.05, 4.69) is 23.6 Å². The Morgan fingerprint density at radius 1 is 1.26 bits per heavy atom. The van der Waals surface area contributed by atoms with Gasteiger partial charge in [-0.1, -0.05) is 12.1 Å². The van der Waals surface area contributed by atoms with Crippen LogP contribution in [0.2, 0.25) is 0 Å². The fraction of sp³-hybridized carbons (Fsp3) is 0.478. The molecule has 164 valence electrons. The van der Waals surface area contributed by atoms with Crippen molar-refractivity contribution in [2.24, 2.45) is 0 Å². The third kappa shape index (κ3) is 3.72. The number of piperidine rings is 1. The lowest BCUT2D eigenvalue weighted by Gasteiger charge is -2.33. The van der Waals surface area contributed by atoms with Crippen LogP contribution in [0.3, 0.4) is 0 Å². The number of carbonyl (C=O) groups excluding carboxylic acids is 1. The Morgan fingerprint density at radius 3 is 2.87 bits per heavy atom. The summed E-state index contributed by atoms with van der Waals surface area (Å²) in [5.74, 6) is 0.583. The molecule has 5 rings (SSSR count). The Bertz CT molecular complexity index is 1120. The molecular formula is C23H27FN4O2S. The molecule has 1 aromatic carbocycles. The first-order valence-corrected chi connectivity index (χ1v) is 11.7. The Labute approximate surface area is 185 Å². The number of nitrogens with one attached hydrogen (secondary N) is 1. The molecule has 2 saturated heterocycles. The van der Waals surface area contributed by atoms with Crippen molar-refractivity contribution in [2.75, 3.05) is 25.0 Å². The van der Waals surface area contributed by atoms with E-state index in [-0.39, 0.29) is 23.7 Å². The van der Waals surface area contributed by atoms with Gasteiger partial charge in [-0.2, -0.15) is 0 Å². The van der Waals surface area contributed by atoms with Crippen LogP contribution in [0.15, 0.2) is 24.3 Å². The number of fused-ring (bicyclic) bond motifs is 1. The largest absolute Gasteiger partial charge is 0.368 e. The topological polar surface area (TPSA) is 58.9 Å². The van der Waals surface area contributed by atoms with Crippen LogP contribution in [0.4, 0.5) is 16.0 Å². The molecule has 8 heteroatoms. The van der Waals surface area contributed by atoms with Gasteiger partial charge in [0, 0.05) is 36.2 Å². The first kappa shape index (κ1) is 20.5. The Kier molecular flexibility index (Phi) is 5.44. The highest BCUT2D eigenvalue weighted by Crippen LogP contribution is 2.37. The number of aryl methyl sites for hydroxylation is 2. The van der Waals surface area contributed by atoms with E-state index in [1.165, 1.54) is 10.9 Å². The maximum Gasteiger partial charge on any atom is 0.251 e. The molecular weight excluding hydrogens is 415 g/mol. The highest BCUT2D eigenvalue weighted by atomic mass is 32.1. The normalized spacial score (nSPS) is 21.7. The predicted octanol–water partition coefficient (Wildman–Crippen LogP) is 4.78. The third-order valence-corrected chi connectivity index (χ3v) is 7.59. The molecule has 2 aliphatic heterocycles. The highest BCUT2D eigenvalue weighted by molar-refractivity contribution is 7.17. The molecule has 0 saturated carbocycles. The summed E-state index contributed by atoms with van der Waals surface area (Å²) in [6, 6.07) is 6.64. The quantitative estimate of drug-likeness (QED) is 0.632. The third-order valence-electron chi connectivity index (χ3n) is 6.40. The maximum absolute atomic E-state index is 14.3. The standard InChI is InChI=1S/C23H27FN4O2S/c1-14-15(2)31-22-20(26-23(28(14)22)25-18-9-4-3-8-17(18)24)16-7-5-11-27(13-16)21(29)19-10-6-12-30-19/h3-4,8-9,16,19H,5-7,10-13H2,1-2H3,(H,25,26)/t16-,19-/m0/s1. The number of halogens is 1. The van der Waals surface area contributed by atoms with Gasteiger partial charge in [-0.05, 0) is 51.7 Å². The van der Waals surface area contributed by atoms with Crippen LogP contribution >= 0.6 is 11.3 Å². The van der Waals surface area contributed by atoms with Crippen LogP contribution in [0.5, 0.6) is 0 Å². The molecule has 0 unspecified atom stereocenters. The number of ether oxygens (including phenoxy) is 1. The summed E-state index contributed by atoms with van der Waals surface area (Å²) in [6.07, 6.45) is 3.41. The minimum atomic E-state index is -0.309. The number of hydrogen-bond acceptors (Lipinski definition) is 5. The van der Waals surface area contributed by atoms with Gasteiger partial charge in [-0.15, -0.1) is 11.3 Å². The van der Waals surface area contributed by atoms with Crippen molar-refractivity contribution < 1.29 is 13.9 Å². The van der Waals surface area contributed by atoms with Crippen molar-refractivity contribution in [3.05, 3.63) is 46.3 Å². The fourth-order valence-electron chi connectivity index (χ4n) is 4.62. The van der Waals surface area contributed by atoms with Crippen LogP contribution < -0.4 is 5.32 Å². The summed E-state index contributed by atoms with van der Waals surface area (Å²) < 4.78 is 22.0. The van der Waals surface area contributed by atoms with E-state index in [1.807, 2.05) is 4.90 Å². The van der Waals surface area contributed by atoms with Gasteiger partial charge in [0.1, 0.15) is 16.8 Å². The van der Waals surface area contributed by atoms with E-state index in [4.69, 9.17) is 9.72 Å². The van der Waals surface area contributed by atoms with Crippen molar-refractivity contribution in [2.45, 2.75) is 51.6 Å². The maximum atomic E-state index is 14.3. The number of likely N-dealkylation sites (tertiary alicyclic amines) is 1. The van der Waals surface area contributed by atoms with Crippen molar-refractivity contribution in [3.63, 3.8) is 0 Å². The summed E-state index contributed by atoms with van der Waals surface area (Å²) in [4.78, 5) is 22.1. The van der Waals surface area contributed by atoms with E-state index in [0.717, 1.165) is 48.4 Å². The Balaban J connectivity index is 1.47.